The quantitative estimate of drug-likeness (QED) is 0.285. The number of nitrogens with one attached hydrogen (secondary N) is 1. The third-order valence-electron chi connectivity index (χ3n) is 5.61. The second-order valence-corrected chi connectivity index (χ2v) is 10.3. The third-order valence-corrected chi connectivity index (χ3v) is 7.30. The van der Waals surface area contributed by atoms with Crippen molar-refractivity contribution in [2.45, 2.75) is 29.3 Å². The van der Waals surface area contributed by atoms with Crippen molar-refractivity contribution in [3.8, 4) is 17.3 Å². The number of carbonyl (C=O) groups is 1. The van der Waals surface area contributed by atoms with E-state index in [1.54, 1.807) is 47.4 Å². The summed E-state index contributed by atoms with van der Waals surface area (Å²) in [5, 5.41) is 21.9. The zero-order valence-corrected chi connectivity index (χ0v) is 21.1. The minimum atomic E-state index is -5.08. The van der Waals surface area contributed by atoms with Gasteiger partial charge >= 0.3 is 12.1 Å². The summed E-state index contributed by atoms with van der Waals surface area (Å²) in [6, 6.07) is 11.9. The van der Waals surface area contributed by atoms with Crippen LogP contribution in [-0.4, -0.2) is 50.4 Å². The normalized spacial score (nSPS) is 12.3. The molecule has 1 aromatic carbocycles. The highest BCUT2D eigenvalue weighted by molar-refractivity contribution is 7.90. The number of sulfone groups is 1. The lowest BCUT2D eigenvalue weighted by atomic mass is 10.0. The molecule has 4 heterocycles. The van der Waals surface area contributed by atoms with E-state index < -0.39 is 28.0 Å². The van der Waals surface area contributed by atoms with Gasteiger partial charge in [0, 0.05) is 28.9 Å². The molecule has 206 valence electrons. The summed E-state index contributed by atoms with van der Waals surface area (Å²) in [7, 11) is -3.59. The van der Waals surface area contributed by atoms with Crippen molar-refractivity contribution in [2.24, 2.45) is 0 Å². The molecule has 1 atom stereocenters. The number of carboxylic acid groups (broad SMARTS) is 1. The highest BCUT2D eigenvalue weighted by Crippen LogP contribution is 2.29. The number of aliphatic carboxylic acids is 1. The average Bonchev–Trinajstić information content (AvgIpc) is 3.69. The molecule has 0 fully saturated rings. The van der Waals surface area contributed by atoms with Crippen LogP contribution >= 0.6 is 0 Å². The zero-order chi connectivity index (χ0) is 28.9. The van der Waals surface area contributed by atoms with Gasteiger partial charge < -0.3 is 14.5 Å². The summed E-state index contributed by atoms with van der Waals surface area (Å²) < 4.78 is 64.2. The highest BCUT2D eigenvalue weighted by atomic mass is 32.2. The molecule has 4 aromatic heterocycles. The Morgan fingerprint density at radius 3 is 2.67 bits per heavy atom. The lowest BCUT2D eigenvalue weighted by Gasteiger charge is -2.16. The van der Waals surface area contributed by atoms with E-state index in [0.717, 1.165) is 22.3 Å². The first-order valence-corrected chi connectivity index (χ1v) is 13.0. The van der Waals surface area contributed by atoms with Crippen molar-refractivity contribution in [1.29, 1.82) is 5.26 Å². The molecule has 5 rings (SSSR count). The number of aromatic amines is 1. The number of fused-ring (bicyclic) bond motifs is 1. The molecule has 5 aromatic rings. The SMILES string of the molecule is N#CCC(c1cccc(S(=O)(=O)Cc2ccoc2)c1)n1cc(-c2ncnc3[nH]ccc23)cn1.O=C(O)C(F)(F)F. The van der Waals surface area contributed by atoms with Crippen molar-refractivity contribution < 1.29 is 35.9 Å². The van der Waals surface area contributed by atoms with Crippen LogP contribution in [0.2, 0.25) is 0 Å². The van der Waals surface area contributed by atoms with Crippen LogP contribution in [-0.2, 0) is 20.4 Å². The van der Waals surface area contributed by atoms with Gasteiger partial charge in [0.1, 0.15) is 12.0 Å². The molecule has 0 saturated carbocycles. The molecule has 15 heteroatoms. The maximum atomic E-state index is 12.9. The van der Waals surface area contributed by atoms with Gasteiger partial charge in [-0.05, 0) is 29.8 Å². The van der Waals surface area contributed by atoms with E-state index in [4.69, 9.17) is 14.3 Å². The summed E-state index contributed by atoms with van der Waals surface area (Å²) in [4.78, 5) is 20.7. The summed E-state index contributed by atoms with van der Waals surface area (Å²) in [5.74, 6) is -2.92. The molecule has 0 bridgehead atoms. The first-order valence-electron chi connectivity index (χ1n) is 11.3. The Bertz CT molecular complexity index is 1770. The number of nitrogens with zero attached hydrogens (tertiary/aromatic N) is 5. The van der Waals surface area contributed by atoms with Crippen molar-refractivity contribution in [3.63, 3.8) is 0 Å². The molecule has 0 spiro atoms. The van der Waals surface area contributed by atoms with Crippen molar-refractivity contribution in [2.75, 3.05) is 0 Å². The van der Waals surface area contributed by atoms with Gasteiger partial charge in [-0.25, -0.2) is 23.2 Å². The summed E-state index contributed by atoms with van der Waals surface area (Å²) in [6.07, 6.45) is 4.66. The van der Waals surface area contributed by atoms with Crippen LogP contribution in [0.3, 0.4) is 0 Å². The lowest BCUT2D eigenvalue weighted by Crippen LogP contribution is -2.21. The fraction of sp³-hybridized carbons (Fsp3) is 0.160. The zero-order valence-electron chi connectivity index (χ0n) is 20.3. The summed E-state index contributed by atoms with van der Waals surface area (Å²) in [5.41, 5.74) is 3.46. The first kappa shape index (κ1) is 28.0. The van der Waals surface area contributed by atoms with Crippen LogP contribution in [0.1, 0.15) is 23.6 Å². The number of hydrogen-bond donors (Lipinski definition) is 2. The van der Waals surface area contributed by atoms with Gasteiger partial charge in [-0.15, -0.1) is 0 Å². The highest BCUT2D eigenvalue weighted by Gasteiger charge is 2.38. The Labute approximate surface area is 224 Å². The van der Waals surface area contributed by atoms with Gasteiger partial charge in [-0.3, -0.25) is 4.68 Å². The predicted octanol–water partition coefficient (Wildman–Crippen LogP) is 4.52. The van der Waals surface area contributed by atoms with E-state index >= 15 is 0 Å². The first-order chi connectivity index (χ1) is 19.0. The average molecular weight is 573 g/mol. The molecule has 11 nitrogen and oxygen atoms in total. The molecule has 0 radical (unpaired) electrons. The monoisotopic (exact) mass is 572 g/mol. The van der Waals surface area contributed by atoms with Crippen LogP contribution < -0.4 is 0 Å². The maximum absolute atomic E-state index is 12.9. The Kier molecular flexibility index (Phi) is 8.00. The smallest absolute Gasteiger partial charge is 0.475 e. The Balaban J connectivity index is 0.000000470. The summed E-state index contributed by atoms with van der Waals surface area (Å²) in [6.45, 7) is 0. The molecule has 2 N–H and O–H groups in total. The molecule has 0 saturated heterocycles. The Morgan fingerprint density at radius 1 is 1.23 bits per heavy atom. The number of alkyl halides is 3. The molecular formula is C25H19F3N6O5S. The molecular weight excluding hydrogens is 553 g/mol. The molecule has 1 unspecified atom stereocenters. The Hall–Kier alpha value is -4.97. The van der Waals surface area contributed by atoms with Gasteiger partial charge in [-0.2, -0.15) is 23.5 Å². The standard InChI is InChI=1S/C23H18N6O3S.C2HF3O2/c24-7-4-21(17-2-1-3-19(10-17)33(30,31)14-16-6-9-32-13-16)29-12-18(11-28-29)22-20-5-8-25-23(20)27-15-26-22;3-2(4,5)1(6)7/h1-3,5-6,8-13,15,21H,4,14H2,(H,25,26,27);(H,6,7). The maximum Gasteiger partial charge on any atom is 0.490 e. The fourth-order valence-electron chi connectivity index (χ4n) is 3.78. The van der Waals surface area contributed by atoms with Crippen LogP contribution in [0.5, 0.6) is 0 Å². The van der Waals surface area contributed by atoms with Crippen molar-refractivity contribution in [3.05, 3.63) is 85.0 Å². The van der Waals surface area contributed by atoms with Gasteiger partial charge in [0.2, 0.25) is 0 Å². The van der Waals surface area contributed by atoms with Crippen molar-refractivity contribution >= 4 is 26.8 Å². The minimum Gasteiger partial charge on any atom is -0.475 e. The number of rotatable bonds is 7. The second kappa shape index (κ2) is 11.4. The molecule has 0 aliphatic carbocycles. The molecule has 40 heavy (non-hydrogen) atoms. The molecule has 0 aliphatic heterocycles. The van der Waals surface area contributed by atoms with Crippen LogP contribution in [0.15, 0.2) is 83.2 Å². The topological polar surface area (TPSA) is 168 Å². The van der Waals surface area contributed by atoms with E-state index in [9.17, 15) is 26.9 Å². The minimum absolute atomic E-state index is 0.121. The van der Waals surface area contributed by atoms with Crippen LogP contribution in [0, 0.1) is 11.3 Å². The predicted molar refractivity (Wildman–Crippen MR) is 133 cm³/mol. The molecule has 0 amide bonds. The second-order valence-electron chi connectivity index (χ2n) is 8.32. The van der Waals surface area contributed by atoms with E-state index in [1.165, 1.54) is 18.9 Å². The number of H-pyrrole nitrogens is 1. The number of benzene rings is 1. The summed E-state index contributed by atoms with van der Waals surface area (Å²) >= 11 is 0. The Morgan fingerprint density at radius 2 is 2.00 bits per heavy atom. The number of carboxylic acids is 1. The number of hydrogen-bond acceptors (Lipinski definition) is 8. The van der Waals surface area contributed by atoms with E-state index in [1.807, 2.05) is 12.3 Å². The number of aromatic nitrogens is 5. The largest absolute Gasteiger partial charge is 0.490 e. The number of nitriles is 1. The van der Waals surface area contributed by atoms with E-state index in [0.29, 0.717) is 11.1 Å². The van der Waals surface area contributed by atoms with Gasteiger partial charge in [-0.1, -0.05) is 12.1 Å². The van der Waals surface area contributed by atoms with Gasteiger partial charge in [0.25, 0.3) is 0 Å². The third kappa shape index (κ3) is 6.35. The van der Waals surface area contributed by atoms with Gasteiger partial charge in [0.15, 0.2) is 9.84 Å². The van der Waals surface area contributed by atoms with Crippen LogP contribution in [0.4, 0.5) is 13.2 Å². The van der Waals surface area contributed by atoms with Crippen LogP contribution in [0.25, 0.3) is 22.3 Å². The number of halogens is 3. The fourth-order valence-corrected chi connectivity index (χ4v) is 5.15. The van der Waals surface area contributed by atoms with E-state index in [-0.39, 0.29) is 17.1 Å². The molecule has 0 aliphatic rings. The van der Waals surface area contributed by atoms with Crippen molar-refractivity contribution in [1.82, 2.24) is 24.7 Å². The van der Waals surface area contributed by atoms with E-state index in [2.05, 4.69) is 26.1 Å². The van der Waals surface area contributed by atoms with Gasteiger partial charge in [0.05, 0.1) is 53.6 Å². The lowest BCUT2D eigenvalue weighted by molar-refractivity contribution is -0.192. The number of furan rings is 1.